The summed E-state index contributed by atoms with van der Waals surface area (Å²) >= 11 is 0. The molecule has 1 saturated carbocycles. The highest BCUT2D eigenvalue weighted by molar-refractivity contribution is 4.83. The third kappa shape index (κ3) is 6.58. The van der Waals surface area contributed by atoms with Crippen molar-refractivity contribution < 1.29 is 4.74 Å². The van der Waals surface area contributed by atoms with Gasteiger partial charge in [-0.05, 0) is 49.5 Å². The van der Waals surface area contributed by atoms with Gasteiger partial charge in [0.1, 0.15) is 0 Å². The molecule has 1 fully saturated rings. The lowest BCUT2D eigenvalue weighted by Gasteiger charge is -2.40. The Labute approximate surface area is 127 Å². The van der Waals surface area contributed by atoms with Crippen LogP contribution in [0.15, 0.2) is 0 Å². The van der Waals surface area contributed by atoms with Gasteiger partial charge in [0, 0.05) is 12.6 Å². The molecule has 0 spiro atoms. The number of hydrogen-bond acceptors (Lipinski definition) is 2. The molecule has 1 aliphatic carbocycles. The molecule has 0 bridgehead atoms. The molecule has 1 aliphatic rings. The van der Waals surface area contributed by atoms with Gasteiger partial charge in [0.2, 0.25) is 0 Å². The summed E-state index contributed by atoms with van der Waals surface area (Å²) in [6.45, 7) is 16.6. The van der Waals surface area contributed by atoms with E-state index in [1.165, 1.54) is 25.7 Å². The zero-order valence-electron chi connectivity index (χ0n) is 15.0. The van der Waals surface area contributed by atoms with E-state index in [4.69, 9.17) is 4.74 Å². The number of ether oxygens (including phenoxy) is 1. The average Bonchev–Trinajstić information content (AvgIpc) is 2.32. The molecule has 2 nitrogen and oxygen atoms in total. The van der Waals surface area contributed by atoms with E-state index < -0.39 is 0 Å². The molecule has 0 heterocycles. The Kier molecular flexibility index (Phi) is 6.53. The first-order valence-corrected chi connectivity index (χ1v) is 8.37. The molecule has 0 aromatic carbocycles. The molecule has 1 rings (SSSR count). The molecule has 0 aromatic rings. The fourth-order valence-corrected chi connectivity index (χ4v) is 3.15. The van der Waals surface area contributed by atoms with Gasteiger partial charge in [0.05, 0.1) is 13.2 Å². The van der Waals surface area contributed by atoms with Crippen LogP contribution in [0, 0.1) is 16.7 Å². The minimum atomic E-state index is 0.281. The zero-order chi connectivity index (χ0) is 15.4. The Morgan fingerprint density at radius 1 is 0.950 bits per heavy atom. The van der Waals surface area contributed by atoms with E-state index in [0.29, 0.717) is 5.41 Å². The van der Waals surface area contributed by atoms with Crippen LogP contribution in [0.25, 0.3) is 0 Å². The fourth-order valence-electron chi connectivity index (χ4n) is 3.15. The Hall–Kier alpha value is -0.0800. The minimum Gasteiger partial charge on any atom is -0.380 e. The molecule has 0 amide bonds. The molecule has 0 unspecified atom stereocenters. The second-order valence-electron chi connectivity index (χ2n) is 8.97. The SMILES string of the molecule is CN(CCOCC(C)(C)C)C1CCC(C(C)(C)C)CC1. The minimum absolute atomic E-state index is 0.281. The van der Waals surface area contributed by atoms with Gasteiger partial charge in [-0.3, -0.25) is 0 Å². The fraction of sp³-hybridized carbons (Fsp3) is 1.00. The van der Waals surface area contributed by atoms with Gasteiger partial charge in [0.15, 0.2) is 0 Å². The molecule has 0 N–H and O–H groups in total. The highest BCUT2D eigenvalue weighted by Gasteiger charge is 2.30. The van der Waals surface area contributed by atoms with Crippen molar-refractivity contribution in [1.29, 1.82) is 0 Å². The van der Waals surface area contributed by atoms with E-state index in [-0.39, 0.29) is 5.41 Å². The first-order chi connectivity index (χ1) is 9.09. The van der Waals surface area contributed by atoms with Crippen molar-refractivity contribution in [2.45, 2.75) is 73.3 Å². The summed E-state index contributed by atoms with van der Waals surface area (Å²) in [7, 11) is 2.27. The van der Waals surface area contributed by atoms with Crippen LogP contribution in [0.5, 0.6) is 0 Å². The van der Waals surface area contributed by atoms with Crippen LogP contribution < -0.4 is 0 Å². The predicted octanol–water partition coefficient (Wildman–Crippen LogP) is 4.59. The first-order valence-electron chi connectivity index (χ1n) is 8.37. The molecule has 0 aliphatic heterocycles. The highest BCUT2D eigenvalue weighted by atomic mass is 16.5. The van der Waals surface area contributed by atoms with Crippen LogP contribution in [0.2, 0.25) is 0 Å². The molecule has 0 saturated heterocycles. The number of rotatable bonds is 5. The van der Waals surface area contributed by atoms with Gasteiger partial charge in [-0.1, -0.05) is 41.5 Å². The van der Waals surface area contributed by atoms with Crippen molar-refractivity contribution >= 4 is 0 Å². The Morgan fingerprint density at radius 2 is 1.50 bits per heavy atom. The summed E-state index contributed by atoms with van der Waals surface area (Å²) in [5.41, 5.74) is 0.767. The summed E-state index contributed by atoms with van der Waals surface area (Å²) in [6, 6.07) is 0.770. The van der Waals surface area contributed by atoms with Crippen LogP contribution in [0.1, 0.15) is 67.2 Å². The van der Waals surface area contributed by atoms with E-state index in [1.807, 2.05) is 0 Å². The van der Waals surface area contributed by atoms with Gasteiger partial charge < -0.3 is 9.64 Å². The average molecular weight is 284 g/mol. The molecule has 0 radical (unpaired) electrons. The molecule has 120 valence electrons. The lowest BCUT2D eigenvalue weighted by molar-refractivity contribution is 0.0417. The lowest BCUT2D eigenvalue weighted by Crippen LogP contribution is -2.39. The Bertz CT molecular complexity index is 266. The summed E-state index contributed by atoms with van der Waals surface area (Å²) in [5, 5.41) is 0. The maximum atomic E-state index is 5.79. The number of likely N-dealkylation sites (N-methyl/N-ethyl adjacent to an activating group) is 1. The van der Waals surface area contributed by atoms with Crippen LogP contribution in [0.3, 0.4) is 0 Å². The smallest absolute Gasteiger partial charge is 0.0593 e. The van der Waals surface area contributed by atoms with Crippen LogP contribution in [-0.4, -0.2) is 37.7 Å². The largest absolute Gasteiger partial charge is 0.380 e. The third-order valence-corrected chi connectivity index (χ3v) is 4.67. The lowest BCUT2D eigenvalue weighted by atomic mass is 9.71. The van der Waals surface area contributed by atoms with E-state index in [1.54, 1.807) is 0 Å². The van der Waals surface area contributed by atoms with E-state index in [9.17, 15) is 0 Å². The van der Waals surface area contributed by atoms with Gasteiger partial charge in [0.25, 0.3) is 0 Å². The quantitative estimate of drug-likeness (QED) is 0.684. The molecule has 0 atom stereocenters. The second-order valence-corrected chi connectivity index (χ2v) is 8.97. The van der Waals surface area contributed by atoms with E-state index in [2.05, 4.69) is 53.5 Å². The maximum Gasteiger partial charge on any atom is 0.0593 e. The number of nitrogens with zero attached hydrogens (tertiary/aromatic N) is 1. The summed E-state index contributed by atoms with van der Waals surface area (Å²) in [6.07, 6.45) is 5.50. The second kappa shape index (κ2) is 7.26. The van der Waals surface area contributed by atoms with Crippen molar-refractivity contribution in [3.05, 3.63) is 0 Å². The summed E-state index contributed by atoms with van der Waals surface area (Å²) < 4.78 is 5.79. The molecule has 2 heteroatoms. The molecule has 0 aromatic heterocycles. The molecular weight excluding hydrogens is 246 g/mol. The number of hydrogen-bond donors (Lipinski definition) is 0. The Morgan fingerprint density at radius 3 is 1.95 bits per heavy atom. The van der Waals surface area contributed by atoms with Crippen LogP contribution >= 0.6 is 0 Å². The first kappa shape index (κ1) is 18.0. The van der Waals surface area contributed by atoms with Crippen LogP contribution in [0.4, 0.5) is 0 Å². The van der Waals surface area contributed by atoms with E-state index in [0.717, 1.165) is 31.7 Å². The monoisotopic (exact) mass is 283 g/mol. The zero-order valence-corrected chi connectivity index (χ0v) is 15.0. The standard InChI is InChI=1S/C18H37NO/c1-17(2,3)14-20-13-12-19(7)16-10-8-15(9-11-16)18(4,5)6/h15-16H,8-14H2,1-7H3. The third-order valence-electron chi connectivity index (χ3n) is 4.67. The molecular formula is C18H37NO. The predicted molar refractivity (Wildman–Crippen MR) is 88.1 cm³/mol. The summed E-state index contributed by atoms with van der Waals surface area (Å²) in [4.78, 5) is 2.52. The van der Waals surface area contributed by atoms with Crippen molar-refractivity contribution in [1.82, 2.24) is 4.90 Å². The van der Waals surface area contributed by atoms with Crippen LogP contribution in [-0.2, 0) is 4.74 Å². The van der Waals surface area contributed by atoms with Gasteiger partial charge in [-0.25, -0.2) is 0 Å². The molecule has 20 heavy (non-hydrogen) atoms. The van der Waals surface area contributed by atoms with Gasteiger partial charge >= 0.3 is 0 Å². The Balaban J connectivity index is 2.21. The van der Waals surface area contributed by atoms with E-state index >= 15 is 0 Å². The van der Waals surface area contributed by atoms with Gasteiger partial charge in [-0.15, -0.1) is 0 Å². The van der Waals surface area contributed by atoms with Crippen molar-refractivity contribution in [3.63, 3.8) is 0 Å². The van der Waals surface area contributed by atoms with Crippen molar-refractivity contribution in [2.75, 3.05) is 26.8 Å². The highest BCUT2D eigenvalue weighted by Crippen LogP contribution is 2.38. The van der Waals surface area contributed by atoms with Crippen molar-refractivity contribution in [3.8, 4) is 0 Å². The maximum absolute atomic E-state index is 5.79. The van der Waals surface area contributed by atoms with Crippen molar-refractivity contribution in [2.24, 2.45) is 16.7 Å². The topological polar surface area (TPSA) is 12.5 Å². The van der Waals surface area contributed by atoms with Gasteiger partial charge in [-0.2, -0.15) is 0 Å². The summed E-state index contributed by atoms with van der Waals surface area (Å²) in [5.74, 6) is 0.907. The normalized spacial score (nSPS) is 25.2.